The van der Waals surface area contributed by atoms with Gasteiger partial charge in [-0.15, -0.1) is 0 Å². The smallest absolute Gasteiger partial charge is 0.198 e. The predicted octanol–water partition coefficient (Wildman–Crippen LogP) is -1.84. The van der Waals surface area contributed by atoms with Crippen LogP contribution in [0.15, 0.2) is 0 Å². The molecule has 1 spiro atoms. The van der Waals surface area contributed by atoms with Crippen LogP contribution >= 0.6 is 0 Å². The zero-order valence-electron chi connectivity index (χ0n) is 21.8. The van der Waals surface area contributed by atoms with Crippen LogP contribution in [0, 0.1) is 40.9 Å². The summed E-state index contributed by atoms with van der Waals surface area (Å²) in [4.78, 5) is 2.25. The quantitative estimate of drug-likeness (QED) is 0.179. The van der Waals surface area contributed by atoms with Crippen LogP contribution in [0.25, 0.3) is 0 Å². The maximum Gasteiger partial charge on any atom is 0.198 e. The van der Waals surface area contributed by atoms with Crippen molar-refractivity contribution in [2.45, 2.75) is 112 Å². The van der Waals surface area contributed by atoms with Crippen LogP contribution in [0.4, 0.5) is 0 Å². The van der Waals surface area contributed by atoms with Gasteiger partial charge in [0, 0.05) is 36.4 Å². The van der Waals surface area contributed by atoms with Gasteiger partial charge in [-0.3, -0.25) is 4.90 Å². The first-order valence-corrected chi connectivity index (χ1v) is 14.2. The van der Waals surface area contributed by atoms with Crippen molar-refractivity contribution in [1.82, 2.24) is 4.90 Å². The first-order chi connectivity index (χ1) is 17.2. The molecule has 0 amide bonds. The number of nitrogens with zero attached hydrogens (tertiary/aromatic N) is 1. The molecule has 0 aromatic carbocycles. The maximum atomic E-state index is 12.5. The van der Waals surface area contributed by atoms with E-state index in [9.17, 15) is 40.9 Å². The summed E-state index contributed by atoms with van der Waals surface area (Å²) in [6, 6.07) is -0.174. The lowest BCUT2D eigenvalue weighted by Gasteiger charge is -2.63. The summed E-state index contributed by atoms with van der Waals surface area (Å²) in [6.45, 7) is 7.08. The minimum Gasteiger partial charge on any atom is -0.390 e. The van der Waals surface area contributed by atoms with E-state index in [0.717, 1.165) is 19.4 Å². The molecule has 7 rings (SSSR count). The van der Waals surface area contributed by atoms with Crippen molar-refractivity contribution in [1.29, 1.82) is 0 Å². The SMILES string of the molecule is C[C@H]1CC[C@@H]2N(C1)C[C@@H]1[C@H]([C@@H](O)[C@H](O)[C@]3(O)[C@H]1C[C@@]14O[C@@]5(O)[C@@H]([C@@H](O)[C@@H](O)[C@@H]31)[C@]4(C)CC[C@@H]5O)[C@]2(C)O. The standard InChI is InChI=1S/C27H43NO9/c1-11-4-5-14-24(3,34)16-12(10-28(14)9-11)13-8-25-21(26(13,35)22(33)17(16)30)19(32)18(31)20-23(25,2)7-6-15(29)27(20,36)37-25/h11-22,29-36H,4-10H2,1-3H3/t11-,12-,13-,14-,15-,16+,17+,18-,19+,20-,21+,22-,23-,24+,25+,26-,27+/m0/s1. The zero-order valence-corrected chi connectivity index (χ0v) is 21.8. The second-order valence-corrected chi connectivity index (χ2v) is 14.4. The number of hydrogen-bond donors (Lipinski definition) is 8. The van der Waals surface area contributed by atoms with Gasteiger partial charge < -0.3 is 45.6 Å². The normalized spacial score (nSPS) is 68.5. The summed E-state index contributed by atoms with van der Waals surface area (Å²) in [5.74, 6) is -5.64. The summed E-state index contributed by atoms with van der Waals surface area (Å²) >= 11 is 0. The van der Waals surface area contributed by atoms with E-state index >= 15 is 0 Å². The molecule has 3 saturated heterocycles. The van der Waals surface area contributed by atoms with Crippen molar-refractivity contribution in [3.05, 3.63) is 0 Å². The topological polar surface area (TPSA) is 174 Å². The fraction of sp³-hybridized carbons (Fsp3) is 1.00. The Hall–Kier alpha value is -0.400. The molecule has 10 heteroatoms. The highest BCUT2D eigenvalue weighted by molar-refractivity contribution is 5.34. The summed E-state index contributed by atoms with van der Waals surface area (Å²) < 4.78 is 6.42. The highest BCUT2D eigenvalue weighted by atomic mass is 16.7. The molecule has 4 aliphatic carbocycles. The van der Waals surface area contributed by atoms with Gasteiger partial charge in [-0.05, 0) is 56.8 Å². The zero-order chi connectivity index (χ0) is 26.7. The van der Waals surface area contributed by atoms with Gasteiger partial charge in [0.2, 0.25) is 0 Å². The van der Waals surface area contributed by atoms with Crippen molar-refractivity contribution >= 4 is 0 Å². The number of rotatable bonds is 0. The first-order valence-electron chi connectivity index (χ1n) is 14.2. The van der Waals surface area contributed by atoms with Crippen LogP contribution in [0.1, 0.15) is 52.9 Å². The van der Waals surface area contributed by atoms with E-state index < -0.39 is 88.1 Å². The Labute approximate surface area is 216 Å². The van der Waals surface area contributed by atoms with Gasteiger partial charge in [-0.25, -0.2) is 0 Å². The highest BCUT2D eigenvalue weighted by Crippen LogP contribution is 2.76. The Balaban J connectivity index is 1.39. The molecule has 17 atom stereocenters. The van der Waals surface area contributed by atoms with Gasteiger partial charge in [0.15, 0.2) is 5.79 Å². The average Bonchev–Trinajstić information content (AvgIpc) is 3.13. The number of aliphatic hydroxyl groups is 8. The number of fused-ring (bicyclic) bond motifs is 5. The third-order valence-electron chi connectivity index (χ3n) is 12.9. The Morgan fingerprint density at radius 2 is 1.51 bits per heavy atom. The van der Waals surface area contributed by atoms with E-state index in [2.05, 4.69) is 11.8 Å². The Kier molecular flexibility index (Phi) is 5.02. The van der Waals surface area contributed by atoms with Crippen LogP contribution < -0.4 is 0 Å². The summed E-state index contributed by atoms with van der Waals surface area (Å²) in [7, 11) is 0. The second-order valence-electron chi connectivity index (χ2n) is 14.4. The molecular weight excluding hydrogens is 482 g/mol. The molecule has 210 valence electrons. The van der Waals surface area contributed by atoms with Crippen LogP contribution in [0.2, 0.25) is 0 Å². The van der Waals surface area contributed by atoms with Gasteiger partial charge in [0.05, 0.1) is 35.4 Å². The van der Waals surface area contributed by atoms with E-state index in [-0.39, 0.29) is 18.9 Å². The Morgan fingerprint density at radius 3 is 2.22 bits per heavy atom. The third-order valence-corrected chi connectivity index (χ3v) is 12.9. The molecule has 37 heavy (non-hydrogen) atoms. The molecule has 7 aliphatic rings. The minimum atomic E-state index is -2.10. The Bertz CT molecular complexity index is 997. The average molecular weight is 526 g/mol. The Morgan fingerprint density at radius 1 is 0.838 bits per heavy atom. The van der Waals surface area contributed by atoms with E-state index in [1.54, 1.807) is 6.92 Å². The van der Waals surface area contributed by atoms with Crippen molar-refractivity contribution in [3.8, 4) is 0 Å². The lowest BCUT2D eigenvalue weighted by Crippen LogP contribution is -2.77. The van der Waals surface area contributed by atoms with Crippen LogP contribution in [0.3, 0.4) is 0 Å². The molecule has 3 heterocycles. The van der Waals surface area contributed by atoms with E-state index in [1.165, 1.54) is 0 Å². The fourth-order valence-corrected chi connectivity index (χ4v) is 11.4. The van der Waals surface area contributed by atoms with E-state index in [0.29, 0.717) is 18.9 Å². The number of aliphatic hydroxyl groups excluding tert-OH is 5. The van der Waals surface area contributed by atoms with Crippen molar-refractivity contribution < 1.29 is 45.6 Å². The molecule has 4 bridgehead atoms. The largest absolute Gasteiger partial charge is 0.390 e. The summed E-state index contributed by atoms with van der Waals surface area (Å²) in [5, 5.41) is 92.8. The van der Waals surface area contributed by atoms with Crippen LogP contribution in [0.5, 0.6) is 0 Å². The number of hydrogen-bond acceptors (Lipinski definition) is 10. The molecule has 3 aliphatic heterocycles. The lowest BCUT2D eigenvalue weighted by atomic mass is 9.48. The van der Waals surface area contributed by atoms with Crippen molar-refractivity contribution in [2.75, 3.05) is 13.1 Å². The predicted molar refractivity (Wildman–Crippen MR) is 128 cm³/mol. The maximum absolute atomic E-state index is 12.5. The molecule has 7 fully saturated rings. The third kappa shape index (κ3) is 2.59. The molecule has 4 saturated carbocycles. The summed E-state index contributed by atoms with van der Waals surface area (Å²) in [6.07, 6.45) is -4.91. The van der Waals surface area contributed by atoms with Gasteiger partial charge in [0.1, 0.15) is 17.8 Å². The van der Waals surface area contributed by atoms with Gasteiger partial charge in [-0.1, -0.05) is 13.8 Å². The van der Waals surface area contributed by atoms with Crippen LogP contribution in [-0.4, -0.2) is 118 Å². The van der Waals surface area contributed by atoms with Crippen molar-refractivity contribution in [3.63, 3.8) is 0 Å². The van der Waals surface area contributed by atoms with E-state index in [1.807, 2.05) is 6.92 Å². The molecule has 0 aromatic heterocycles. The monoisotopic (exact) mass is 525 g/mol. The molecule has 10 nitrogen and oxygen atoms in total. The molecule has 0 aromatic rings. The van der Waals surface area contributed by atoms with E-state index in [4.69, 9.17) is 4.74 Å². The fourth-order valence-electron chi connectivity index (χ4n) is 11.4. The van der Waals surface area contributed by atoms with Crippen LogP contribution in [-0.2, 0) is 4.74 Å². The first kappa shape index (κ1) is 25.6. The molecule has 8 N–H and O–H groups in total. The van der Waals surface area contributed by atoms with Crippen molar-refractivity contribution in [2.24, 2.45) is 40.9 Å². The summed E-state index contributed by atoms with van der Waals surface area (Å²) in [5.41, 5.74) is -5.58. The van der Waals surface area contributed by atoms with Gasteiger partial charge in [0.25, 0.3) is 0 Å². The number of piperidine rings is 2. The highest BCUT2D eigenvalue weighted by Gasteiger charge is 2.88. The molecule has 0 unspecified atom stereocenters. The second kappa shape index (κ2) is 7.26. The molecule has 0 radical (unpaired) electrons. The number of ether oxygens (including phenoxy) is 1. The van der Waals surface area contributed by atoms with Gasteiger partial charge in [-0.2, -0.15) is 0 Å². The minimum absolute atomic E-state index is 0.174. The van der Waals surface area contributed by atoms with Gasteiger partial charge >= 0.3 is 0 Å². The lowest BCUT2D eigenvalue weighted by molar-refractivity contribution is -0.296. The molecular formula is C27H43NO9.